The summed E-state index contributed by atoms with van der Waals surface area (Å²) >= 11 is 0. The van der Waals surface area contributed by atoms with E-state index in [1.807, 2.05) is 19.1 Å². The number of fused-ring (bicyclic) bond motifs is 4. The molecule has 2 saturated heterocycles. The van der Waals surface area contributed by atoms with Gasteiger partial charge in [0.15, 0.2) is 11.5 Å². The van der Waals surface area contributed by atoms with Gasteiger partial charge in [-0.05, 0) is 57.4 Å². The highest BCUT2D eigenvalue weighted by molar-refractivity contribution is 6.08. The van der Waals surface area contributed by atoms with Crippen LogP contribution in [0.2, 0.25) is 0 Å². The van der Waals surface area contributed by atoms with E-state index in [0.29, 0.717) is 30.8 Å². The SMILES string of the molecule is CCOc1cccc([C@H]2C3=CC[C@@H]4C(=O)N(C5CCCCC5)C(=O)[C@@H]4[C@@H]3C[C@H]3C(=O)N(C4CCCCC4)C(=O)[C@@H]23)c1O. The Morgan fingerprint density at radius 3 is 1.98 bits per heavy atom. The zero-order valence-corrected chi connectivity index (χ0v) is 24.5. The van der Waals surface area contributed by atoms with Crippen LogP contribution in [0, 0.1) is 29.6 Å². The summed E-state index contributed by atoms with van der Waals surface area (Å²) in [6.45, 7) is 2.23. The van der Waals surface area contributed by atoms with Gasteiger partial charge in [-0.1, -0.05) is 62.3 Å². The van der Waals surface area contributed by atoms with E-state index < -0.39 is 29.6 Å². The summed E-state index contributed by atoms with van der Waals surface area (Å²) in [5.74, 6) is -3.14. The zero-order chi connectivity index (χ0) is 29.1. The van der Waals surface area contributed by atoms with Crippen molar-refractivity contribution in [2.45, 2.75) is 102 Å². The molecule has 0 aromatic heterocycles. The van der Waals surface area contributed by atoms with Crippen LogP contribution in [0.15, 0.2) is 29.8 Å². The number of likely N-dealkylation sites (tertiary alicyclic amines) is 2. The molecule has 0 spiro atoms. The number of aromatic hydroxyl groups is 1. The maximum Gasteiger partial charge on any atom is 0.234 e. The van der Waals surface area contributed by atoms with Crippen LogP contribution >= 0.6 is 0 Å². The van der Waals surface area contributed by atoms with Gasteiger partial charge in [-0.25, -0.2) is 0 Å². The van der Waals surface area contributed by atoms with Gasteiger partial charge in [-0.2, -0.15) is 0 Å². The monoisotopic (exact) mass is 574 g/mol. The molecule has 2 aliphatic heterocycles. The van der Waals surface area contributed by atoms with Gasteiger partial charge in [0.25, 0.3) is 0 Å². The van der Waals surface area contributed by atoms with Crippen LogP contribution in [0.1, 0.15) is 95.5 Å². The first kappa shape index (κ1) is 27.7. The minimum absolute atomic E-state index is 0.0132. The minimum Gasteiger partial charge on any atom is -0.504 e. The Kier molecular flexibility index (Phi) is 7.14. The van der Waals surface area contributed by atoms with Crippen molar-refractivity contribution >= 4 is 23.6 Å². The number of carbonyl (C=O) groups excluding carboxylic acids is 4. The van der Waals surface area contributed by atoms with Gasteiger partial charge in [-0.15, -0.1) is 0 Å². The topological polar surface area (TPSA) is 104 Å². The van der Waals surface area contributed by atoms with E-state index in [9.17, 15) is 24.3 Å². The van der Waals surface area contributed by atoms with Crippen LogP contribution in [0.5, 0.6) is 11.5 Å². The van der Waals surface area contributed by atoms with Gasteiger partial charge in [-0.3, -0.25) is 29.0 Å². The molecule has 0 bridgehead atoms. The third-order valence-corrected chi connectivity index (χ3v) is 11.3. The van der Waals surface area contributed by atoms with Crippen LogP contribution in [0.3, 0.4) is 0 Å². The first-order valence-corrected chi connectivity index (χ1v) is 16.3. The molecule has 6 aliphatic rings. The number of ether oxygens (including phenoxy) is 1. The largest absolute Gasteiger partial charge is 0.504 e. The summed E-state index contributed by atoms with van der Waals surface area (Å²) in [4.78, 5) is 59.4. The second kappa shape index (κ2) is 10.8. The molecule has 1 aromatic rings. The molecule has 6 atom stereocenters. The molecule has 0 radical (unpaired) electrons. The Labute approximate surface area is 247 Å². The van der Waals surface area contributed by atoms with Crippen LogP contribution in [0.4, 0.5) is 0 Å². The van der Waals surface area contributed by atoms with E-state index in [4.69, 9.17) is 4.74 Å². The van der Waals surface area contributed by atoms with E-state index in [-0.39, 0.29) is 47.4 Å². The molecule has 2 heterocycles. The Morgan fingerprint density at radius 2 is 1.36 bits per heavy atom. The second-order valence-electron chi connectivity index (χ2n) is 13.3. The molecule has 8 nitrogen and oxygen atoms in total. The number of allylic oxidation sites excluding steroid dienone is 2. The van der Waals surface area contributed by atoms with E-state index in [2.05, 4.69) is 6.08 Å². The average Bonchev–Trinajstić information content (AvgIpc) is 3.42. The lowest BCUT2D eigenvalue weighted by molar-refractivity contribution is -0.145. The number of nitrogens with zero attached hydrogens (tertiary/aromatic N) is 2. The molecule has 7 rings (SSSR count). The molecule has 1 N–H and O–H groups in total. The third-order valence-electron chi connectivity index (χ3n) is 11.3. The number of amides is 4. The number of hydrogen-bond donors (Lipinski definition) is 1. The minimum atomic E-state index is -0.636. The molecular formula is C34H42N2O6. The molecule has 4 aliphatic carbocycles. The lowest BCUT2D eigenvalue weighted by atomic mass is 9.57. The van der Waals surface area contributed by atoms with Crippen molar-refractivity contribution in [1.29, 1.82) is 0 Å². The number of benzene rings is 1. The zero-order valence-electron chi connectivity index (χ0n) is 24.5. The Morgan fingerprint density at radius 1 is 0.762 bits per heavy atom. The Bertz CT molecular complexity index is 1330. The number of phenolic OH excluding ortho intramolecular Hbond substituents is 1. The van der Waals surface area contributed by atoms with Crippen LogP contribution in [0.25, 0.3) is 0 Å². The van der Waals surface area contributed by atoms with E-state index in [1.54, 1.807) is 15.9 Å². The second-order valence-corrected chi connectivity index (χ2v) is 13.3. The van der Waals surface area contributed by atoms with E-state index in [0.717, 1.165) is 69.8 Å². The predicted molar refractivity (Wildman–Crippen MR) is 154 cm³/mol. The van der Waals surface area contributed by atoms with Gasteiger partial charge < -0.3 is 9.84 Å². The summed E-state index contributed by atoms with van der Waals surface area (Å²) in [5.41, 5.74) is 1.50. The van der Waals surface area contributed by atoms with Crippen LogP contribution in [-0.2, 0) is 19.2 Å². The standard InChI is InChI=1S/C34H42N2O6/c1-2-42-26-15-9-14-22(30(26)37)27-21-16-17-23-28(33(40)35(31(23)38)19-10-5-3-6-11-19)24(21)18-25-29(27)34(41)36(32(25)39)20-12-7-4-8-13-20/h9,14-16,19-20,23-25,27-29,37H,2-8,10-13,17-18H2,1H3/t23-,24+,25+,27+,28-,29+/m0/s1. The fourth-order valence-corrected chi connectivity index (χ4v) is 9.45. The maximum absolute atomic E-state index is 14.3. The maximum atomic E-state index is 14.3. The Hall–Kier alpha value is -3.16. The highest BCUT2D eigenvalue weighted by atomic mass is 16.5. The summed E-state index contributed by atoms with van der Waals surface area (Å²) in [5, 5.41) is 11.5. The third kappa shape index (κ3) is 4.15. The van der Waals surface area contributed by atoms with Gasteiger partial charge >= 0.3 is 0 Å². The van der Waals surface area contributed by atoms with Gasteiger partial charge in [0.1, 0.15) is 0 Å². The van der Waals surface area contributed by atoms with Crippen molar-refractivity contribution in [3.8, 4) is 11.5 Å². The number of phenols is 1. The van der Waals surface area contributed by atoms with Gasteiger partial charge in [0, 0.05) is 23.6 Å². The van der Waals surface area contributed by atoms with E-state index >= 15 is 0 Å². The molecule has 3 saturated carbocycles. The summed E-state index contributed by atoms with van der Waals surface area (Å²) in [7, 11) is 0. The molecule has 42 heavy (non-hydrogen) atoms. The normalized spacial score (nSPS) is 33.9. The number of para-hydroxylation sites is 1. The van der Waals surface area contributed by atoms with Crippen molar-refractivity contribution in [2.24, 2.45) is 29.6 Å². The number of rotatable bonds is 5. The highest BCUT2D eigenvalue weighted by Gasteiger charge is 2.63. The number of imide groups is 2. The van der Waals surface area contributed by atoms with Crippen molar-refractivity contribution in [2.75, 3.05) is 6.61 Å². The fourth-order valence-electron chi connectivity index (χ4n) is 9.45. The number of hydrogen-bond acceptors (Lipinski definition) is 6. The first-order valence-electron chi connectivity index (χ1n) is 16.3. The molecular weight excluding hydrogens is 532 g/mol. The van der Waals surface area contributed by atoms with Crippen molar-refractivity contribution in [1.82, 2.24) is 9.80 Å². The lowest BCUT2D eigenvalue weighted by Gasteiger charge is -2.44. The molecule has 8 heteroatoms. The molecule has 0 unspecified atom stereocenters. The molecule has 1 aromatic carbocycles. The lowest BCUT2D eigenvalue weighted by Crippen LogP contribution is -2.44. The summed E-state index contributed by atoms with van der Waals surface area (Å²) in [6, 6.07) is 5.23. The average molecular weight is 575 g/mol. The first-order chi connectivity index (χ1) is 20.4. The molecule has 224 valence electrons. The Balaban J connectivity index is 1.31. The van der Waals surface area contributed by atoms with Gasteiger partial charge in [0.05, 0.1) is 30.3 Å². The molecule has 4 amide bonds. The quantitative estimate of drug-likeness (QED) is 0.388. The van der Waals surface area contributed by atoms with Crippen molar-refractivity contribution < 1.29 is 29.0 Å². The highest BCUT2D eigenvalue weighted by Crippen LogP contribution is 2.60. The van der Waals surface area contributed by atoms with Crippen molar-refractivity contribution in [3.63, 3.8) is 0 Å². The summed E-state index contributed by atoms with van der Waals surface area (Å²) < 4.78 is 5.72. The van der Waals surface area contributed by atoms with Crippen molar-refractivity contribution in [3.05, 3.63) is 35.4 Å². The number of carbonyl (C=O) groups is 4. The predicted octanol–water partition coefficient (Wildman–Crippen LogP) is 5.09. The van der Waals surface area contributed by atoms with Crippen LogP contribution in [-0.4, -0.2) is 57.2 Å². The smallest absolute Gasteiger partial charge is 0.234 e. The fraction of sp³-hybridized carbons (Fsp3) is 0.647. The summed E-state index contributed by atoms with van der Waals surface area (Å²) in [6.07, 6.45) is 12.6. The van der Waals surface area contributed by atoms with Crippen LogP contribution < -0.4 is 4.74 Å². The van der Waals surface area contributed by atoms with E-state index in [1.165, 1.54) is 0 Å². The van der Waals surface area contributed by atoms with Gasteiger partial charge in [0.2, 0.25) is 23.6 Å². The molecule has 5 fully saturated rings.